The molecule has 1 aromatic carbocycles. The topological polar surface area (TPSA) is 29.9 Å². The molecule has 0 spiro atoms. The van der Waals surface area contributed by atoms with Crippen LogP contribution in [0.5, 0.6) is 0 Å². The van der Waals surface area contributed by atoms with Gasteiger partial charge >= 0.3 is 6.18 Å². The molecule has 0 atom stereocenters. The lowest BCUT2D eigenvalue weighted by Crippen LogP contribution is -2.29. The van der Waals surface area contributed by atoms with Crippen molar-refractivity contribution < 1.29 is 13.2 Å². The van der Waals surface area contributed by atoms with Gasteiger partial charge in [0.05, 0.1) is 11.8 Å². The number of nitrogens with one attached hydrogen (secondary N) is 1. The Morgan fingerprint density at radius 1 is 1.22 bits per heavy atom. The molecule has 124 valence electrons. The molecule has 1 aliphatic heterocycles. The Labute approximate surface area is 133 Å². The van der Waals surface area contributed by atoms with E-state index >= 15 is 0 Å². The number of nitrogens with zero attached hydrogens (tertiary/aromatic N) is 2. The summed E-state index contributed by atoms with van der Waals surface area (Å²) in [4.78, 5) is 0. The lowest BCUT2D eigenvalue weighted by atomic mass is 9.98. The van der Waals surface area contributed by atoms with Crippen molar-refractivity contribution in [3.8, 4) is 11.1 Å². The molecule has 6 heteroatoms. The number of halogens is 3. The maximum absolute atomic E-state index is 13.0. The number of hydrogen-bond donors (Lipinski definition) is 1. The Morgan fingerprint density at radius 3 is 2.65 bits per heavy atom. The van der Waals surface area contributed by atoms with E-state index in [4.69, 9.17) is 0 Å². The molecule has 1 N–H and O–H groups in total. The lowest BCUT2D eigenvalue weighted by molar-refractivity contribution is -0.138. The van der Waals surface area contributed by atoms with Gasteiger partial charge in [0.2, 0.25) is 0 Å². The van der Waals surface area contributed by atoms with Gasteiger partial charge in [-0.05, 0) is 56.0 Å². The number of piperidine rings is 1. The molecule has 0 aliphatic carbocycles. The summed E-state index contributed by atoms with van der Waals surface area (Å²) in [5.41, 5.74) is 0.938. The zero-order valence-electron chi connectivity index (χ0n) is 13.0. The summed E-state index contributed by atoms with van der Waals surface area (Å²) in [5, 5.41) is 7.64. The van der Waals surface area contributed by atoms with Gasteiger partial charge in [0, 0.05) is 18.3 Å². The molecular weight excluding hydrogens is 303 g/mol. The molecule has 23 heavy (non-hydrogen) atoms. The Bertz CT molecular complexity index is 670. The van der Waals surface area contributed by atoms with E-state index in [0.717, 1.165) is 38.0 Å². The largest absolute Gasteiger partial charge is 0.416 e. The number of aromatic nitrogens is 2. The van der Waals surface area contributed by atoms with Crippen LogP contribution in [0.3, 0.4) is 0 Å². The van der Waals surface area contributed by atoms with Crippen LogP contribution >= 0.6 is 0 Å². The van der Waals surface area contributed by atoms with E-state index in [1.165, 1.54) is 19.1 Å². The summed E-state index contributed by atoms with van der Waals surface area (Å²) < 4.78 is 40.9. The Morgan fingerprint density at radius 2 is 1.96 bits per heavy atom. The summed E-state index contributed by atoms with van der Waals surface area (Å²) in [5.74, 6) is 0.577. The SMILES string of the molecule is Cc1ccc(-c2cnn(CC3CCNCC3)c2)cc1C(F)(F)F. The molecule has 1 aliphatic rings. The van der Waals surface area contributed by atoms with Gasteiger partial charge < -0.3 is 5.32 Å². The molecule has 0 radical (unpaired) electrons. The van der Waals surface area contributed by atoms with Gasteiger partial charge in [0.1, 0.15) is 0 Å². The van der Waals surface area contributed by atoms with Crippen molar-refractivity contribution >= 4 is 0 Å². The molecular formula is C17H20F3N3. The summed E-state index contributed by atoms with van der Waals surface area (Å²) in [6.45, 7) is 4.34. The number of benzene rings is 1. The minimum absolute atomic E-state index is 0.239. The molecule has 1 aromatic heterocycles. The number of hydrogen-bond acceptors (Lipinski definition) is 2. The quantitative estimate of drug-likeness (QED) is 0.929. The van der Waals surface area contributed by atoms with E-state index < -0.39 is 11.7 Å². The molecule has 1 saturated heterocycles. The summed E-state index contributed by atoms with van der Waals surface area (Å²) in [6.07, 6.45) is 1.37. The van der Waals surface area contributed by atoms with Crippen LogP contribution in [0.2, 0.25) is 0 Å². The first-order chi connectivity index (χ1) is 10.9. The second kappa shape index (κ2) is 6.35. The van der Waals surface area contributed by atoms with E-state index in [9.17, 15) is 13.2 Å². The maximum Gasteiger partial charge on any atom is 0.416 e. The van der Waals surface area contributed by atoms with Gasteiger partial charge in [-0.15, -0.1) is 0 Å². The van der Waals surface area contributed by atoms with Crippen LogP contribution in [0.15, 0.2) is 30.6 Å². The number of alkyl halides is 3. The molecule has 0 unspecified atom stereocenters. The van der Waals surface area contributed by atoms with Gasteiger partial charge in [-0.2, -0.15) is 18.3 Å². The molecule has 0 amide bonds. The van der Waals surface area contributed by atoms with Crippen LogP contribution < -0.4 is 5.32 Å². The van der Waals surface area contributed by atoms with Crippen molar-refractivity contribution in [2.45, 2.75) is 32.5 Å². The zero-order chi connectivity index (χ0) is 16.4. The number of rotatable bonds is 3. The van der Waals surface area contributed by atoms with Crippen LogP contribution in [0.1, 0.15) is 24.0 Å². The lowest BCUT2D eigenvalue weighted by Gasteiger charge is -2.22. The first-order valence-electron chi connectivity index (χ1n) is 7.85. The van der Waals surface area contributed by atoms with Crippen LogP contribution in [-0.2, 0) is 12.7 Å². The summed E-state index contributed by atoms with van der Waals surface area (Å²) in [7, 11) is 0. The average molecular weight is 323 g/mol. The second-order valence-electron chi connectivity index (χ2n) is 6.17. The molecule has 3 rings (SSSR count). The highest BCUT2D eigenvalue weighted by Gasteiger charge is 2.32. The van der Waals surface area contributed by atoms with Crippen molar-refractivity contribution in [2.24, 2.45) is 5.92 Å². The van der Waals surface area contributed by atoms with Crippen LogP contribution in [0, 0.1) is 12.8 Å². The minimum atomic E-state index is -4.33. The fourth-order valence-corrected chi connectivity index (χ4v) is 3.05. The van der Waals surface area contributed by atoms with Gasteiger partial charge in [0.25, 0.3) is 0 Å². The highest BCUT2D eigenvalue weighted by Crippen LogP contribution is 2.34. The van der Waals surface area contributed by atoms with Gasteiger partial charge in [0.15, 0.2) is 0 Å². The normalized spacial score (nSPS) is 16.7. The van der Waals surface area contributed by atoms with Crippen molar-refractivity contribution in [3.05, 3.63) is 41.7 Å². The van der Waals surface area contributed by atoms with E-state index in [-0.39, 0.29) is 5.56 Å². The Balaban J connectivity index is 1.80. The van der Waals surface area contributed by atoms with E-state index in [0.29, 0.717) is 11.5 Å². The van der Waals surface area contributed by atoms with Crippen LogP contribution in [0.25, 0.3) is 11.1 Å². The van der Waals surface area contributed by atoms with Crippen molar-refractivity contribution in [1.82, 2.24) is 15.1 Å². The van der Waals surface area contributed by atoms with E-state index in [1.807, 2.05) is 10.9 Å². The molecule has 2 heterocycles. The fraction of sp³-hybridized carbons (Fsp3) is 0.471. The van der Waals surface area contributed by atoms with Crippen molar-refractivity contribution in [1.29, 1.82) is 0 Å². The smallest absolute Gasteiger partial charge is 0.317 e. The standard InChI is InChI=1S/C17H20F3N3/c1-12-2-3-14(8-16(12)17(18,19)20)15-9-22-23(11-15)10-13-4-6-21-7-5-13/h2-3,8-9,11,13,21H,4-7,10H2,1H3. The molecule has 3 nitrogen and oxygen atoms in total. The summed E-state index contributed by atoms with van der Waals surface area (Å²) >= 11 is 0. The van der Waals surface area contributed by atoms with Crippen LogP contribution in [-0.4, -0.2) is 22.9 Å². The maximum atomic E-state index is 13.0. The third-order valence-corrected chi connectivity index (χ3v) is 4.41. The Kier molecular flexibility index (Phi) is 4.43. The van der Waals surface area contributed by atoms with Crippen molar-refractivity contribution in [2.75, 3.05) is 13.1 Å². The van der Waals surface area contributed by atoms with Gasteiger partial charge in [-0.1, -0.05) is 12.1 Å². The van der Waals surface area contributed by atoms with E-state index in [1.54, 1.807) is 12.3 Å². The highest BCUT2D eigenvalue weighted by molar-refractivity contribution is 5.63. The molecule has 0 bridgehead atoms. The second-order valence-corrected chi connectivity index (χ2v) is 6.17. The van der Waals surface area contributed by atoms with Gasteiger partial charge in [-0.25, -0.2) is 0 Å². The highest BCUT2D eigenvalue weighted by atomic mass is 19.4. The molecule has 1 fully saturated rings. The Hall–Kier alpha value is -1.82. The molecule has 2 aromatic rings. The first-order valence-corrected chi connectivity index (χ1v) is 7.85. The third-order valence-electron chi connectivity index (χ3n) is 4.41. The predicted molar refractivity (Wildman–Crippen MR) is 83.0 cm³/mol. The number of aryl methyl sites for hydroxylation is 1. The molecule has 0 saturated carbocycles. The van der Waals surface area contributed by atoms with Crippen LogP contribution in [0.4, 0.5) is 13.2 Å². The third kappa shape index (κ3) is 3.75. The summed E-state index contributed by atoms with van der Waals surface area (Å²) in [6, 6.07) is 4.44. The first kappa shape index (κ1) is 16.1. The van der Waals surface area contributed by atoms with Gasteiger partial charge in [-0.3, -0.25) is 4.68 Å². The minimum Gasteiger partial charge on any atom is -0.317 e. The monoisotopic (exact) mass is 323 g/mol. The average Bonchev–Trinajstić information content (AvgIpc) is 2.96. The predicted octanol–water partition coefficient (Wildman–Crippen LogP) is 3.88. The van der Waals surface area contributed by atoms with Crippen molar-refractivity contribution in [3.63, 3.8) is 0 Å². The fourth-order valence-electron chi connectivity index (χ4n) is 3.05. The zero-order valence-corrected chi connectivity index (χ0v) is 13.0. The van der Waals surface area contributed by atoms with E-state index in [2.05, 4.69) is 10.4 Å².